The Kier molecular flexibility index (Phi) is 8.99. The monoisotopic (exact) mass is 195 g/mol. The van der Waals surface area contributed by atoms with E-state index >= 15 is 0 Å². The molecule has 0 aromatic carbocycles. The van der Waals surface area contributed by atoms with E-state index in [1.807, 2.05) is 0 Å². The zero-order valence-electron chi connectivity index (χ0n) is 6.77. The van der Waals surface area contributed by atoms with Crippen LogP contribution < -0.4 is 0 Å². The van der Waals surface area contributed by atoms with Gasteiger partial charge in [-0.05, 0) is 6.92 Å². The molecule has 0 aliphatic rings. The fraction of sp³-hybridized carbons (Fsp3) is 0.500. The van der Waals surface area contributed by atoms with Crippen LogP contribution in [0.1, 0.15) is 6.92 Å². The zero-order chi connectivity index (χ0) is 8.69. The first-order valence-electron chi connectivity index (χ1n) is 2.99. The van der Waals surface area contributed by atoms with Crippen LogP contribution in [0.15, 0.2) is 4.99 Å². The minimum Gasteiger partial charge on any atom is -0.465 e. The molecule has 0 saturated heterocycles. The minimum absolute atomic E-state index is 0. The largest absolute Gasteiger partial charge is 0.465 e. The van der Waals surface area contributed by atoms with Gasteiger partial charge in [-0.1, -0.05) is 0 Å². The number of carbonyl (C=O) groups is 2. The number of aliphatic imine (C=N–C) groups is 1. The van der Waals surface area contributed by atoms with E-state index in [-0.39, 0.29) is 19.0 Å². The molecule has 0 radical (unpaired) electrons. The summed E-state index contributed by atoms with van der Waals surface area (Å²) in [6.45, 7) is 1.88. The van der Waals surface area contributed by atoms with Crippen molar-refractivity contribution in [3.05, 3.63) is 0 Å². The molecule has 70 valence electrons. The van der Waals surface area contributed by atoms with Crippen molar-refractivity contribution in [1.29, 1.82) is 0 Å². The number of hydrogen-bond donors (Lipinski definition) is 0. The molecule has 0 saturated carbocycles. The van der Waals surface area contributed by atoms with Crippen molar-refractivity contribution in [2.75, 3.05) is 13.7 Å². The summed E-state index contributed by atoms with van der Waals surface area (Å²) < 4.78 is 8.57. The Bertz CT molecular complexity index is 180. The van der Waals surface area contributed by atoms with Gasteiger partial charge in [0, 0.05) is 0 Å². The number of esters is 1. The Balaban J connectivity index is 0. The molecule has 0 heterocycles. The zero-order valence-corrected chi connectivity index (χ0v) is 7.59. The van der Waals surface area contributed by atoms with Crippen molar-refractivity contribution in [2.45, 2.75) is 6.92 Å². The van der Waals surface area contributed by atoms with Crippen molar-refractivity contribution in [3.63, 3.8) is 0 Å². The number of rotatable bonds is 2. The Labute approximate surface area is 76.2 Å². The highest BCUT2D eigenvalue weighted by molar-refractivity contribution is 6.24. The first-order chi connectivity index (χ1) is 5.20. The standard InChI is InChI=1S/C6H9NO4.ClH/c1-3-11-6(9)7-4-5(8)10-2;/h4H,3H2,1-2H3;1H. The second-order valence-electron chi connectivity index (χ2n) is 1.48. The van der Waals surface area contributed by atoms with Gasteiger partial charge in [-0.25, -0.2) is 9.59 Å². The molecule has 0 aromatic rings. The quantitative estimate of drug-likeness (QED) is 0.483. The Morgan fingerprint density at radius 2 is 2.08 bits per heavy atom. The Morgan fingerprint density at radius 3 is 2.50 bits per heavy atom. The summed E-state index contributed by atoms with van der Waals surface area (Å²) in [6.07, 6.45) is -0.0317. The maximum Gasteiger partial charge on any atom is 0.433 e. The molecule has 0 N–H and O–H groups in total. The molecule has 0 aliphatic heterocycles. The summed E-state index contributed by atoms with van der Waals surface area (Å²) in [6, 6.07) is 0. The number of ether oxygens (including phenoxy) is 2. The van der Waals surface area contributed by atoms with Crippen LogP contribution in [0, 0.1) is 0 Å². The number of nitrogens with zero attached hydrogens (tertiary/aromatic N) is 1. The number of amides is 1. The van der Waals surface area contributed by atoms with Gasteiger partial charge in [0.1, 0.15) is 6.21 Å². The highest BCUT2D eigenvalue weighted by Crippen LogP contribution is 1.81. The topological polar surface area (TPSA) is 65.0 Å². The molecule has 5 nitrogen and oxygen atoms in total. The minimum atomic E-state index is -0.794. The SMILES string of the molecule is CCOC(=O)N=CC(=O)OC.Cl. The molecule has 1 amide bonds. The third kappa shape index (κ3) is 7.01. The summed E-state index contributed by atoms with van der Waals surface area (Å²) in [7, 11) is 1.19. The van der Waals surface area contributed by atoms with Gasteiger partial charge in [0.2, 0.25) is 0 Å². The molecule has 6 heteroatoms. The average Bonchev–Trinajstić information content (AvgIpc) is 2.01. The van der Waals surface area contributed by atoms with Gasteiger partial charge in [0.05, 0.1) is 13.7 Å². The normalized spacial score (nSPS) is 8.83. The molecule has 0 rings (SSSR count). The number of methoxy groups -OCH3 is 1. The molecular formula is C6H10ClNO4. The van der Waals surface area contributed by atoms with Crippen LogP contribution in [0.25, 0.3) is 0 Å². The summed E-state index contributed by atoms with van der Waals surface area (Å²) in [5.41, 5.74) is 0. The van der Waals surface area contributed by atoms with Gasteiger partial charge < -0.3 is 9.47 Å². The molecule has 0 unspecified atom stereocenters. The molecule has 0 aromatic heterocycles. The summed E-state index contributed by atoms with van der Waals surface area (Å²) in [5.74, 6) is -0.682. The third-order valence-electron chi connectivity index (χ3n) is 0.744. The van der Waals surface area contributed by atoms with Crippen LogP contribution >= 0.6 is 12.4 Å². The lowest BCUT2D eigenvalue weighted by Crippen LogP contribution is -2.05. The molecule has 0 aliphatic carbocycles. The molecule has 0 bridgehead atoms. The molecule has 12 heavy (non-hydrogen) atoms. The van der Waals surface area contributed by atoms with Crippen molar-refractivity contribution in [1.82, 2.24) is 0 Å². The molecule has 0 atom stereocenters. The number of hydrogen-bond acceptors (Lipinski definition) is 4. The van der Waals surface area contributed by atoms with Crippen molar-refractivity contribution < 1.29 is 19.1 Å². The van der Waals surface area contributed by atoms with E-state index in [9.17, 15) is 9.59 Å². The maximum absolute atomic E-state index is 10.4. The van der Waals surface area contributed by atoms with E-state index in [0.29, 0.717) is 0 Å². The summed E-state index contributed by atoms with van der Waals surface area (Å²) >= 11 is 0. The van der Waals surface area contributed by atoms with E-state index in [1.165, 1.54) is 7.11 Å². The van der Waals surface area contributed by atoms with Crippen LogP contribution in [-0.4, -0.2) is 32.0 Å². The van der Waals surface area contributed by atoms with Crippen molar-refractivity contribution >= 4 is 30.7 Å². The third-order valence-corrected chi connectivity index (χ3v) is 0.744. The fourth-order valence-electron chi connectivity index (χ4n) is 0.319. The predicted octanol–water partition coefficient (Wildman–Crippen LogP) is 0.808. The van der Waals surface area contributed by atoms with Crippen molar-refractivity contribution in [2.24, 2.45) is 4.99 Å². The van der Waals surface area contributed by atoms with Gasteiger partial charge >= 0.3 is 12.1 Å². The van der Waals surface area contributed by atoms with E-state index in [4.69, 9.17) is 0 Å². The smallest absolute Gasteiger partial charge is 0.433 e. The lowest BCUT2D eigenvalue weighted by Gasteiger charge is -1.92. The lowest BCUT2D eigenvalue weighted by molar-refractivity contribution is -0.132. The predicted molar refractivity (Wildman–Crippen MR) is 44.8 cm³/mol. The van der Waals surface area contributed by atoms with Crippen LogP contribution in [0.5, 0.6) is 0 Å². The van der Waals surface area contributed by atoms with Gasteiger partial charge in [-0.15, -0.1) is 12.4 Å². The van der Waals surface area contributed by atoms with E-state index in [0.717, 1.165) is 6.21 Å². The van der Waals surface area contributed by atoms with Crippen LogP contribution in [-0.2, 0) is 14.3 Å². The summed E-state index contributed by atoms with van der Waals surface area (Å²) in [4.78, 5) is 23.9. The van der Waals surface area contributed by atoms with Crippen LogP contribution in [0.3, 0.4) is 0 Å². The Hall–Kier alpha value is -1.10. The number of halogens is 1. The van der Waals surface area contributed by atoms with Gasteiger partial charge in [0.25, 0.3) is 0 Å². The highest BCUT2D eigenvalue weighted by atomic mass is 35.5. The lowest BCUT2D eigenvalue weighted by atomic mass is 10.7. The second kappa shape index (κ2) is 8.00. The average molecular weight is 196 g/mol. The number of carbonyl (C=O) groups excluding carboxylic acids is 2. The highest BCUT2D eigenvalue weighted by Gasteiger charge is 1.97. The molecule has 0 spiro atoms. The van der Waals surface area contributed by atoms with Gasteiger partial charge in [-0.2, -0.15) is 4.99 Å². The van der Waals surface area contributed by atoms with Gasteiger partial charge in [0.15, 0.2) is 0 Å². The van der Waals surface area contributed by atoms with Crippen LogP contribution in [0.2, 0.25) is 0 Å². The molecular weight excluding hydrogens is 186 g/mol. The van der Waals surface area contributed by atoms with Crippen molar-refractivity contribution in [3.8, 4) is 0 Å². The molecule has 0 fully saturated rings. The van der Waals surface area contributed by atoms with Crippen LogP contribution in [0.4, 0.5) is 4.79 Å². The summed E-state index contributed by atoms with van der Waals surface area (Å²) in [5, 5.41) is 0. The Morgan fingerprint density at radius 1 is 1.50 bits per heavy atom. The maximum atomic E-state index is 10.4. The van der Waals surface area contributed by atoms with Gasteiger partial charge in [-0.3, -0.25) is 0 Å². The first kappa shape index (κ1) is 13.5. The fourth-order valence-corrected chi connectivity index (χ4v) is 0.319. The van der Waals surface area contributed by atoms with E-state index in [2.05, 4.69) is 14.5 Å². The second-order valence-corrected chi connectivity index (χ2v) is 1.48. The van der Waals surface area contributed by atoms with E-state index in [1.54, 1.807) is 6.92 Å². The van der Waals surface area contributed by atoms with E-state index < -0.39 is 12.1 Å². The first-order valence-corrected chi connectivity index (χ1v) is 2.99.